The summed E-state index contributed by atoms with van der Waals surface area (Å²) < 4.78 is 0. The average Bonchev–Trinajstić information content (AvgIpc) is 2.18. The van der Waals surface area contributed by atoms with E-state index in [0.29, 0.717) is 32.1 Å². The molecule has 0 aromatic heterocycles. The molecule has 0 aromatic rings. The zero-order valence-electron chi connectivity index (χ0n) is 9.16. The number of allylic oxidation sites excluding steroid dienone is 1. The number of carbonyl (C=O) groups is 2. The third-order valence-corrected chi connectivity index (χ3v) is 3.57. The fraction of sp³-hybridized carbons (Fsp3) is 0.667. The van der Waals surface area contributed by atoms with E-state index in [4.69, 9.17) is 5.11 Å². The van der Waals surface area contributed by atoms with Crippen molar-refractivity contribution in [2.24, 2.45) is 11.3 Å². The van der Waals surface area contributed by atoms with Crippen LogP contribution < -0.4 is 0 Å². The van der Waals surface area contributed by atoms with Crippen LogP contribution in [-0.4, -0.2) is 16.9 Å². The zero-order chi connectivity index (χ0) is 11.5. The van der Waals surface area contributed by atoms with Crippen LogP contribution in [-0.2, 0) is 9.59 Å². The van der Waals surface area contributed by atoms with Crippen molar-refractivity contribution < 1.29 is 14.7 Å². The molecule has 0 bridgehead atoms. The second-order valence-electron chi connectivity index (χ2n) is 4.44. The molecule has 1 N–H and O–H groups in total. The van der Waals surface area contributed by atoms with Crippen molar-refractivity contribution >= 4 is 11.8 Å². The molecule has 0 atom stereocenters. The van der Waals surface area contributed by atoms with Gasteiger partial charge in [0.25, 0.3) is 0 Å². The maximum absolute atomic E-state index is 11.6. The molecule has 0 spiro atoms. The highest BCUT2D eigenvalue weighted by Crippen LogP contribution is 2.42. The first-order valence-electron chi connectivity index (χ1n) is 5.36. The highest BCUT2D eigenvalue weighted by Gasteiger charge is 2.39. The molecule has 3 heteroatoms. The lowest BCUT2D eigenvalue weighted by molar-refractivity contribution is -0.145. The average molecular weight is 210 g/mol. The van der Waals surface area contributed by atoms with Gasteiger partial charge in [0, 0.05) is 5.41 Å². The first kappa shape index (κ1) is 12.0. The van der Waals surface area contributed by atoms with Crippen molar-refractivity contribution in [2.75, 3.05) is 0 Å². The topological polar surface area (TPSA) is 54.4 Å². The van der Waals surface area contributed by atoms with Gasteiger partial charge in [-0.3, -0.25) is 9.59 Å². The molecule has 1 saturated carbocycles. The zero-order valence-corrected chi connectivity index (χ0v) is 9.16. The van der Waals surface area contributed by atoms with E-state index in [1.165, 1.54) is 0 Å². The molecule has 0 unspecified atom stereocenters. The fourth-order valence-corrected chi connectivity index (χ4v) is 2.39. The monoisotopic (exact) mass is 210 g/mol. The Morgan fingerprint density at radius 1 is 1.47 bits per heavy atom. The Hall–Kier alpha value is -1.12. The molecule has 3 nitrogen and oxygen atoms in total. The van der Waals surface area contributed by atoms with Crippen LogP contribution in [0.25, 0.3) is 0 Å². The van der Waals surface area contributed by atoms with Gasteiger partial charge in [-0.2, -0.15) is 0 Å². The number of ketones is 1. The Morgan fingerprint density at radius 3 is 2.33 bits per heavy atom. The van der Waals surface area contributed by atoms with Crippen LogP contribution in [0, 0.1) is 11.3 Å². The minimum absolute atomic E-state index is 0.172. The molecule has 0 aliphatic heterocycles. The Kier molecular flexibility index (Phi) is 3.66. The fourth-order valence-electron chi connectivity index (χ4n) is 2.39. The molecule has 15 heavy (non-hydrogen) atoms. The number of carboxylic acid groups (broad SMARTS) is 1. The van der Waals surface area contributed by atoms with Gasteiger partial charge >= 0.3 is 5.97 Å². The van der Waals surface area contributed by atoms with Gasteiger partial charge in [-0.05, 0) is 39.0 Å². The predicted molar refractivity (Wildman–Crippen MR) is 57.5 cm³/mol. The predicted octanol–water partition coefficient (Wildman–Crippen LogP) is 2.41. The first-order valence-corrected chi connectivity index (χ1v) is 5.36. The summed E-state index contributed by atoms with van der Waals surface area (Å²) in [7, 11) is 0. The van der Waals surface area contributed by atoms with Crippen molar-refractivity contribution in [1.82, 2.24) is 0 Å². The number of carbonyl (C=O) groups excluding carboxylic acids is 1. The molecule has 0 heterocycles. The summed E-state index contributed by atoms with van der Waals surface area (Å²) in [5, 5.41) is 8.87. The molecule has 0 saturated heterocycles. The lowest BCUT2D eigenvalue weighted by atomic mass is 9.66. The van der Waals surface area contributed by atoms with Crippen LogP contribution in [0.2, 0.25) is 0 Å². The Labute approximate surface area is 90.2 Å². The number of aliphatic carboxylic acids is 1. The summed E-state index contributed by atoms with van der Waals surface area (Å²) >= 11 is 0. The Balaban J connectivity index is 2.69. The van der Waals surface area contributed by atoms with Crippen molar-refractivity contribution in [3.05, 3.63) is 12.7 Å². The van der Waals surface area contributed by atoms with Crippen LogP contribution in [0.1, 0.15) is 39.0 Å². The lowest BCUT2D eigenvalue weighted by Crippen LogP contribution is -2.35. The summed E-state index contributed by atoms with van der Waals surface area (Å²) in [6, 6.07) is 0. The maximum atomic E-state index is 11.6. The summed E-state index contributed by atoms with van der Waals surface area (Å²) in [6.45, 7) is 5.27. The van der Waals surface area contributed by atoms with E-state index < -0.39 is 5.97 Å². The molecule has 1 rings (SSSR count). The standard InChI is InChI=1S/C12H18O3/c1-3-6-12(9(2)13)7-4-10(5-8-12)11(14)15/h3,10H,1,4-8H2,2H3,(H,14,15). The van der Waals surface area contributed by atoms with Gasteiger partial charge in [-0.1, -0.05) is 6.08 Å². The van der Waals surface area contributed by atoms with Gasteiger partial charge in [0.05, 0.1) is 5.92 Å². The third kappa shape index (κ3) is 2.46. The van der Waals surface area contributed by atoms with Gasteiger partial charge in [-0.25, -0.2) is 0 Å². The second kappa shape index (κ2) is 4.60. The van der Waals surface area contributed by atoms with Crippen molar-refractivity contribution in [1.29, 1.82) is 0 Å². The number of rotatable bonds is 4. The minimum atomic E-state index is -0.731. The van der Waals surface area contributed by atoms with Crippen LogP contribution in [0.5, 0.6) is 0 Å². The van der Waals surface area contributed by atoms with Crippen molar-refractivity contribution in [2.45, 2.75) is 39.0 Å². The number of hydrogen-bond acceptors (Lipinski definition) is 2. The number of Topliss-reactive ketones (excluding diaryl/α,β-unsaturated/α-hetero) is 1. The second-order valence-corrected chi connectivity index (χ2v) is 4.44. The van der Waals surface area contributed by atoms with Gasteiger partial charge < -0.3 is 5.11 Å². The molecule has 0 aromatic carbocycles. The largest absolute Gasteiger partial charge is 0.481 e. The highest BCUT2D eigenvalue weighted by atomic mass is 16.4. The molecule has 0 amide bonds. The van der Waals surface area contributed by atoms with E-state index in [-0.39, 0.29) is 17.1 Å². The van der Waals surface area contributed by atoms with Gasteiger partial charge in [0.2, 0.25) is 0 Å². The Morgan fingerprint density at radius 2 is 2.00 bits per heavy atom. The van der Waals surface area contributed by atoms with E-state index in [2.05, 4.69) is 6.58 Å². The SMILES string of the molecule is C=CCC1(C(C)=O)CCC(C(=O)O)CC1. The highest BCUT2D eigenvalue weighted by molar-refractivity contribution is 5.83. The van der Waals surface area contributed by atoms with Crippen molar-refractivity contribution in [3.63, 3.8) is 0 Å². The molecule has 84 valence electrons. The normalized spacial score (nSPS) is 30.9. The van der Waals surface area contributed by atoms with E-state index in [0.717, 1.165) is 0 Å². The maximum Gasteiger partial charge on any atom is 0.306 e. The number of hydrogen-bond donors (Lipinski definition) is 1. The smallest absolute Gasteiger partial charge is 0.306 e. The van der Waals surface area contributed by atoms with Crippen LogP contribution in [0.15, 0.2) is 12.7 Å². The molecular formula is C12H18O3. The minimum Gasteiger partial charge on any atom is -0.481 e. The van der Waals surface area contributed by atoms with Gasteiger partial charge in [0.1, 0.15) is 5.78 Å². The van der Waals surface area contributed by atoms with Crippen molar-refractivity contribution in [3.8, 4) is 0 Å². The van der Waals surface area contributed by atoms with Crippen LogP contribution in [0.4, 0.5) is 0 Å². The third-order valence-electron chi connectivity index (χ3n) is 3.57. The molecule has 0 radical (unpaired) electrons. The summed E-state index contributed by atoms with van der Waals surface area (Å²) in [5.74, 6) is -0.820. The quantitative estimate of drug-likeness (QED) is 0.725. The lowest BCUT2D eigenvalue weighted by Gasteiger charge is -2.36. The summed E-state index contributed by atoms with van der Waals surface area (Å²) in [4.78, 5) is 22.4. The molecule has 1 fully saturated rings. The summed E-state index contributed by atoms with van der Waals surface area (Å²) in [5.41, 5.74) is -0.326. The Bertz CT molecular complexity index is 273. The van der Waals surface area contributed by atoms with Crippen LogP contribution in [0.3, 0.4) is 0 Å². The number of carboxylic acids is 1. The van der Waals surface area contributed by atoms with E-state index in [1.54, 1.807) is 13.0 Å². The van der Waals surface area contributed by atoms with E-state index in [1.807, 2.05) is 0 Å². The molecule has 1 aliphatic carbocycles. The molecular weight excluding hydrogens is 192 g/mol. The van der Waals surface area contributed by atoms with E-state index in [9.17, 15) is 9.59 Å². The summed E-state index contributed by atoms with van der Waals surface area (Å²) in [6.07, 6.45) is 5.04. The first-order chi connectivity index (χ1) is 7.02. The van der Waals surface area contributed by atoms with Gasteiger partial charge in [-0.15, -0.1) is 6.58 Å². The molecule has 1 aliphatic rings. The van der Waals surface area contributed by atoms with Crippen LogP contribution >= 0.6 is 0 Å². The van der Waals surface area contributed by atoms with Gasteiger partial charge in [0.15, 0.2) is 0 Å². The van der Waals surface area contributed by atoms with E-state index >= 15 is 0 Å².